The minimum absolute atomic E-state index is 0.0935. The number of nitro benzene ring substituents is 1. The molecule has 5 nitrogen and oxygen atoms in total. The van der Waals surface area contributed by atoms with Crippen molar-refractivity contribution in [2.24, 2.45) is 0 Å². The Bertz CT molecular complexity index is 1310. The van der Waals surface area contributed by atoms with Crippen LogP contribution in [0, 0.1) is 10.1 Å². The number of unbranched alkanes of at least 4 members (excludes halogenated alkanes) is 2. The molecular formula is C33H40N2O3. The van der Waals surface area contributed by atoms with E-state index in [4.69, 9.17) is 0 Å². The Balaban J connectivity index is 1.86. The highest BCUT2D eigenvalue weighted by atomic mass is 16.6. The van der Waals surface area contributed by atoms with Gasteiger partial charge >= 0.3 is 0 Å². The van der Waals surface area contributed by atoms with Gasteiger partial charge in [-0.2, -0.15) is 0 Å². The molecule has 3 aromatic carbocycles. The third-order valence-electron chi connectivity index (χ3n) is 8.60. The molecule has 0 aliphatic heterocycles. The lowest BCUT2D eigenvalue weighted by atomic mass is 9.70. The van der Waals surface area contributed by atoms with Crippen molar-refractivity contribution in [2.45, 2.75) is 76.7 Å². The first-order valence-corrected chi connectivity index (χ1v) is 13.9. The number of carbonyl (C=O) groups is 1. The summed E-state index contributed by atoms with van der Waals surface area (Å²) in [5.41, 5.74) is 5.29. The van der Waals surface area contributed by atoms with E-state index in [9.17, 15) is 14.9 Å². The number of carbonyl (C=O) groups excluding carboxylic acids is 1. The molecule has 0 amide bonds. The van der Waals surface area contributed by atoms with Crippen LogP contribution in [0.5, 0.6) is 0 Å². The second kappa shape index (κ2) is 11.2. The van der Waals surface area contributed by atoms with E-state index in [1.165, 1.54) is 0 Å². The molecule has 200 valence electrons. The first-order chi connectivity index (χ1) is 18.2. The predicted octanol–water partition coefficient (Wildman–Crippen LogP) is 7.99. The number of Topliss-reactive ketones (excluding diaryl/α,β-unsaturated/α-hetero) is 1. The first-order valence-electron chi connectivity index (χ1n) is 13.9. The number of hydrogen-bond acceptors (Lipinski definition) is 4. The summed E-state index contributed by atoms with van der Waals surface area (Å²) in [4.78, 5) is 27.7. The van der Waals surface area contributed by atoms with Gasteiger partial charge in [0.2, 0.25) is 0 Å². The summed E-state index contributed by atoms with van der Waals surface area (Å²) in [5, 5.41) is 11.7. The van der Waals surface area contributed by atoms with Crippen molar-refractivity contribution in [1.29, 1.82) is 0 Å². The number of hydrogen-bond donors (Lipinski definition) is 0. The highest BCUT2D eigenvalue weighted by molar-refractivity contribution is 6.04. The van der Waals surface area contributed by atoms with Crippen molar-refractivity contribution >= 4 is 11.5 Å². The van der Waals surface area contributed by atoms with Gasteiger partial charge in [-0.25, -0.2) is 0 Å². The number of fused-ring (bicyclic) bond motifs is 3. The van der Waals surface area contributed by atoms with Gasteiger partial charge in [0.1, 0.15) is 0 Å². The molecule has 3 aromatic rings. The third-order valence-corrected chi connectivity index (χ3v) is 8.60. The van der Waals surface area contributed by atoms with Gasteiger partial charge in [0.15, 0.2) is 5.78 Å². The maximum absolute atomic E-state index is 14.2. The summed E-state index contributed by atoms with van der Waals surface area (Å²) in [6, 6.07) is 21.6. The standard InChI is InChI=1S/C33H40N2O3/c1-6-8-19-33(20-9-7-2)29-21-25(15-17-27(29)28-18-16-26(35(37)38)22-30(28)33)31(36)32(3,34(4)5)23-24-13-11-10-12-14-24/h10-18,21-22H,6-9,19-20,23H2,1-5H3. The molecule has 1 unspecified atom stereocenters. The van der Waals surface area contributed by atoms with Gasteiger partial charge in [-0.3, -0.25) is 19.8 Å². The maximum atomic E-state index is 14.2. The topological polar surface area (TPSA) is 63.5 Å². The molecule has 1 aliphatic carbocycles. The molecule has 5 heteroatoms. The largest absolute Gasteiger partial charge is 0.297 e. The number of likely N-dealkylation sites (N-methyl/N-ethyl adjacent to an activating group) is 1. The van der Waals surface area contributed by atoms with Gasteiger partial charge in [-0.05, 0) is 80.2 Å². The quantitative estimate of drug-likeness (QED) is 0.140. The average Bonchev–Trinajstić information content (AvgIpc) is 3.19. The smallest absolute Gasteiger partial charge is 0.269 e. The van der Waals surface area contributed by atoms with E-state index >= 15 is 0 Å². The molecule has 1 atom stereocenters. The van der Waals surface area contributed by atoms with E-state index < -0.39 is 5.54 Å². The van der Waals surface area contributed by atoms with Crippen LogP contribution in [0.4, 0.5) is 5.69 Å². The van der Waals surface area contributed by atoms with Gasteiger partial charge < -0.3 is 0 Å². The zero-order valence-electron chi connectivity index (χ0n) is 23.4. The molecule has 0 saturated carbocycles. The molecule has 4 rings (SSSR count). The molecule has 0 bridgehead atoms. The minimum atomic E-state index is -0.713. The molecule has 0 aromatic heterocycles. The van der Waals surface area contributed by atoms with Crippen LogP contribution in [-0.4, -0.2) is 35.2 Å². The summed E-state index contributed by atoms with van der Waals surface area (Å²) >= 11 is 0. The van der Waals surface area contributed by atoms with Crippen molar-refractivity contribution in [3.05, 3.63) is 99.1 Å². The molecule has 1 aliphatic rings. The van der Waals surface area contributed by atoms with E-state index in [0.29, 0.717) is 12.0 Å². The Morgan fingerprint density at radius 3 is 2.03 bits per heavy atom. The predicted molar refractivity (Wildman–Crippen MR) is 155 cm³/mol. The van der Waals surface area contributed by atoms with Crippen LogP contribution in [0.1, 0.15) is 86.3 Å². The van der Waals surface area contributed by atoms with Gasteiger partial charge in [0, 0.05) is 23.1 Å². The second-order valence-electron chi connectivity index (χ2n) is 11.2. The Morgan fingerprint density at radius 1 is 0.895 bits per heavy atom. The Kier molecular flexibility index (Phi) is 8.17. The summed E-state index contributed by atoms with van der Waals surface area (Å²) in [6.45, 7) is 6.39. The summed E-state index contributed by atoms with van der Waals surface area (Å²) < 4.78 is 0. The molecule has 0 heterocycles. The molecule has 0 radical (unpaired) electrons. The molecular weight excluding hydrogens is 472 g/mol. The number of ketones is 1. The lowest BCUT2D eigenvalue weighted by molar-refractivity contribution is -0.384. The number of nitro groups is 1. The lowest BCUT2D eigenvalue weighted by Crippen LogP contribution is -2.50. The molecule has 0 spiro atoms. The van der Waals surface area contributed by atoms with E-state index in [1.807, 2.05) is 56.3 Å². The summed E-state index contributed by atoms with van der Waals surface area (Å²) in [6.07, 6.45) is 6.57. The van der Waals surface area contributed by atoms with Crippen molar-refractivity contribution in [2.75, 3.05) is 14.1 Å². The van der Waals surface area contributed by atoms with Crippen molar-refractivity contribution in [3.63, 3.8) is 0 Å². The van der Waals surface area contributed by atoms with Crippen LogP contribution in [0.25, 0.3) is 11.1 Å². The molecule has 38 heavy (non-hydrogen) atoms. The summed E-state index contributed by atoms with van der Waals surface area (Å²) in [7, 11) is 3.94. The SMILES string of the molecule is CCCCC1(CCCC)c2cc(C(=O)C(C)(Cc3ccccc3)N(C)C)ccc2-c2ccc([N+](=O)[O-])cc21. The van der Waals surface area contributed by atoms with E-state index in [0.717, 1.165) is 66.3 Å². The molecule has 0 N–H and O–H groups in total. The van der Waals surface area contributed by atoms with Crippen molar-refractivity contribution in [3.8, 4) is 11.1 Å². The number of rotatable bonds is 12. The maximum Gasteiger partial charge on any atom is 0.269 e. The van der Waals surface area contributed by atoms with Crippen LogP contribution < -0.4 is 0 Å². The highest BCUT2D eigenvalue weighted by Gasteiger charge is 2.44. The molecule has 0 fully saturated rings. The van der Waals surface area contributed by atoms with Crippen molar-refractivity contribution < 1.29 is 9.72 Å². The Labute approximate surface area is 227 Å². The van der Waals surface area contributed by atoms with Crippen LogP contribution in [0.3, 0.4) is 0 Å². The zero-order chi connectivity index (χ0) is 27.5. The second-order valence-corrected chi connectivity index (χ2v) is 11.2. The minimum Gasteiger partial charge on any atom is -0.297 e. The van der Waals surface area contributed by atoms with E-state index in [2.05, 4.69) is 38.1 Å². The van der Waals surface area contributed by atoms with Crippen LogP contribution in [-0.2, 0) is 11.8 Å². The summed E-state index contributed by atoms with van der Waals surface area (Å²) in [5.74, 6) is 0.0935. The monoisotopic (exact) mass is 512 g/mol. The average molecular weight is 513 g/mol. The van der Waals surface area contributed by atoms with Gasteiger partial charge in [-0.1, -0.05) is 82.0 Å². The molecule has 0 saturated heterocycles. The third kappa shape index (κ3) is 4.92. The Morgan fingerprint density at radius 2 is 1.47 bits per heavy atom. The zero-order valence-corrected chi connectivity index (χ0v) is 23.4. The fraction of sp³-hybridized carbons (Fsp3) is 0.424. The fourth-order valence-corrected chi connectivity index (χ4v) is 6.10. The van der Waals surface area contributed by atoms with Gasteiger partial charge in [-0.15, -0.1) is 0 Å². The normalized spacial score (nSPS) is 15.1. The van der Waals surface area contributed by atoms with E-state index in [1.54, 1.807) is 12.1 Å². The fourth-order valence-electron chi connectivity index (χ4n) is 6.10. The number of non-ortho nitro benzene ring substituents is 1. The van der Waals surface area contributed by atoms with Crippen LogP contribution >= 0.6 is 0 Å². The van der Waals surface area contributed by atoms with Gasteiger partial charge in [0.25, 0.3) is 5.69 Å². The number of benzene rings is 3. The van der Waals surface area contributed by atoms with Gasteiger partial charge in [0.05, 0.1) is 10.5 Å². The van der Waals surface area contributed by atoms with Crippen molar-refractivity contribution in [1.82, 2.24) is 4.90 Å². The van der Waals surface area contributed by atoms with Crippen LogP contribution in [0.15, 0.2) is 66.7 Å². The lowest BCUT2D eigenvalue weighted by Gasteiger charge is -2.36. The first kappa shape index (κ1) is 27.7. The van der Waals surface area contributed by atoms with E-state index in [-0.39, 0.29) is 21.8 Å². The Hall–Kier alpha value is -3.31. The van der Waals surface area contributed by atoms with Crippen LogP contribution in [0.2, 0.25) is 0 Å². The highest BCUT2D eigenvalue weighted by Crippen LogP contribution is 2.55. The number of nitrogens with zero attached hydrogens (tertiary/aromatic N) is 2.